The summed E-state index contributed by atoms with van der Waals surface area (Å²) in [4.78, 5) is 11.4. The van der Waals surface area contributed by atoms with E-state index in [0.717, 1.165) is 61.9 Å². The molecule has 0 bridgehead atoms. The molecule has 0 atom stereocenters. The van der Waals surface area contributed by atoms with E-state index in [0.29, 0.717) is 24.6 Å². The molecule has 5 nitrogen and oxygen atoms in total. The molecular formula is C22H30F2IN5. The normalized spacial score (nSPS) is 14.9. The van der Waals surface area contributed by atoms with Gasteiger partial charge >= 0.3 is 0 Å². The SMILES string of the molecule is CCNC(=NCCc1cc(F)ccc1F)NC1CCN(c2ccc(C)cn2)CC1.I. The van der Waals surface area contributed by atoms with E-state index in [2.05, 4.69) is 37.6 Å². The summed E-state index contributed by atoms with van der Waals surface area (Å²) in [5.74, 6) is 0.921. The van der Waals surface area contributed by atoms with Crippen molar-refractivity contribution in [3.8, 4) is 0 Å². The third kappa shape index (κ3) is 7.07. The summed E-state index contributed by atoms with van der Waals surface area (Å²) in [5.41, 5.74) is 1.51. The fourth-order valence-corrected chi connectivity index (χ4v) is 3.44. The zero-order chi connectivity index (χ0) is 20.6. The van der Waals surface area contributed by atoms with Crippen LogP contribution in [0.1, 0.15) is 30.9 Å². The number of hydrogen-bond acceptors (Lipinski definition) is 3. The molecule has 8 heteroatoms. The highest BCUT2D eigenvalue weighted by atomic mass is 127. The van der Waals surface area contributed by atoms with Crippen molar-refractivity contribution >= 4 is 35.8 Å². The first-order valence-corrected chi connectivity index (χ1v) is 10.2. The van der Waals surface area contributed by atoms with Crippen LogP contribution >= 0.6 is 24.0 Å². The van der Waals surface area contributed by atoms with E-state index < -0.39 is 11.6 Å². The standard InChI is InChI=1S/C22H29F2N5.HI/c1-3-25-22(26-11-8-17-14-18(23)5-6-20(17)24)28-19-9-12-29(13-10-19)21-7-4-16(2)15-27-21;/h4-7,14-15,19H,3,8-13H2,1-2H3,(H2,25,26,28);1H. The van der Waals surface area contributed by atoms with Crippen LogP contribution in [0.4, 0.5) is 14.6 Å². The number of hydrogen-bond donors (Lipinski definition) is 2. The van der Waals surface area contributed by atoms with Crippen LogP contribution in [0, 0.1) is 18.6 Å². The molecule has 1 aromatic carbocycles. The van der Waals surface area contributed by atoms with Crippen LogP contribution in [0.25, 0.3) is 0 Å². The van der Waals surface area contributed by atoms with Gasteiger partial charge in [-0.25, -0.2) is 13.8 Å². The number of benzene rings is 1. The van der Waals surface area contributed by atoms with E-state index in [1.54, 1.807) is 0 Å². The van der Waals surface area contributed by atoms with Crippen LogP contribution in [0.15, 0.2) is 41.5 Å². The second kappa shape index (κ2) is 12.0. The first-order valence-electron chi connectivity index (χ1n) is 10.2. The maximum Gasteiger partial charge on any atom is 0.191 e. The topological polar surface area (TPSA) is 52.6 Å². The van der Waals surface area contributed by atoms with Crippen molar-refractivity contribution in [3.63, 3.8) is 0 Å². The summed E-state index contributed by atoms with van der Waals surface area (Å²) in [6.07, 6.45) is 4.23. The zero-order valence-electron chi connectivity index (χ0n) is 17.5. The Morgan fingerprint density at radius 1 is 1.20 bits per heavy atom. The molecule has 2 aromatic rings. The van der Waals surface area contributed by atoms with Gasteiger partial charge in [0.15, 0.2) is 5.96 Å². The average molecular weight is 529 g/mol. The molecule has 0 saturated carbocycles. The number of anilines is 1. The maximum absolute atomic E-state index is 13.8. The van der Waals surface area contributed by atoms with Crippen molar-refractivity contribution in [1.29, 1.82) is 0 Å². The van der Waals surface area contributed by atoms with Crippen LogP contribution in [-0.2, 0) is 6.42 Å². The first kappa shape index (κ1) is 24.3. The number of piperidine rings is 1. The monoisotopic (exact) mass is 529 g/mol. The van der Waals surface area contributed by atoms with Gasteiger partial charge in [0.05, 0.1) is 0 Å². The van der Waals surface area contributed by atoms with Crippen molar-refractivity contribution in [2.45, 2.75) is 39.2 Å². The molecule has 2 N–H and O–H groups in total. The van der Waals surface area contributed by atoms with Crippen LogP contribution in [0.2, 0.25) is 0 Å². The van der Waals surface area contributed by atoms with E-state index in [9.17, 15) is 8.78 Å². The Kier molecular flexibility index (Phi) is 9.74. The number of aromatic nitrogens is 1. The Bertz CT molecular complexity index is 821. The number of nitrogens with one attached hydrogen (secondary N) is 2. The molecule has 2 heterocycles. The van der Waals surface area contributed by atoms with Crippen molar-refractivity contribution in [1.82, 2.24) is 15.6 Å². The highest BCUT2D eigenvalue weighted by molar-refractivity contribution is 14.0. The van der Waals surface area contributed by atoms with Crippen molar-refractivity contribution in [2.24, 2.45) is 4.99 Å². The smallest absolute Gasteiger partial charge is 0.191 e. The number of pyridine rings is 1. The lowest BCUT2D eigenvalue weighted by Crippen LogP contribution is -2.49. The minimum absolute atomic E-state index is 0. The third-order valence-corrected chi connectivity index (χ3v) is 5.06. The van der Waals surface area contributed by atoms with E-state index in [1.807, 2.05) is 20.0 Å². The maximum atomic E-state index is 13.8. The minimum Gasteiger partial charge on any atom is -0.357 e. The second-order valence-corrected chi connectivity index (χ2v) is 7.35. The van der Waals surface area contributed by atoms with Gasteiger partial charge in [0.1, 0.15) is 17.5 Å². The molecule has 164 valence electrons. The van der Waals surface area contributed by atoms with Crippen LogP contribution in [0.3, 0.4) is 0 Å². The molecular weight excluding hydrogens is 499 g/mol. The van der Waals surface area contributed by atoms with Gasteiger partial charge < -0.3 is 15.5 Å². The molecule has 30 heavy (non-hydrogen) atoms. The fraction of sp³-hybridized carbons (Fsp3) is 0.455. The summed E-state index contributed by atoms with van der Waals surface area (Å²) >= 11 is 0. The Hall–Kier alpha value is -1.97. The summed E-state index contributed by atoms with van der Waals surface area (Å²) in [7, 11) is 0. The molecule has 0 radical (unpaired) electrons. The molecule has 3 rings (SSSR count). The fourth-order valence-electron chi connectivity index (χ4n) is 3.44. The quantitative estimate of drug-likeness (QED) is 0.337. The Morgan fingerprint density at radius 3 is 2.63 bits per heavy atom. The first-order chi connectivity index (χ1) is 14.0. The van der Waals surface area contributed by atoms with Crippen molar-refractivity contribution in [3.05, 3.63) is 59.3 Å². The second-order valence-electron chi connectivity index (χ2n) is 7.35. The lowest BCUT2D eigenvalue weighted by atomic mass is 10.1. The molecule has 1 aromatic heterocycles. The van der Waals surface area contributed by atoms with Crippen molar-refractivity contribution < 1.29 is 8.78 Å². The molecule has 0 spiro atoms. The minimum atomic E-state index is -0.426. The number of nitrogens with zero attached hydrogens (tertiary/aromatic N) is 3. The molecule has 1 fully saturated rings. The highest BCUT2D eigenvalue weighted by Crippen LogP contribution is 2.18. The summed E-state index contributed by atoms with van der Waals surface area (Å²) < 4.78 is 27.1. The van der Waals surface area contributed by atoms with E-state index in [-0.39, 0.29) is 24.0 Å². The van der Waals surface area contributed by atoms with Gasteiger partial charge in [0.2, 0.25) is 0 Å². The molecule has 0 unspecified atom stereocenters. The summed E-state index contributed by atoms with van der Waals surface area (Å²) in [5, 5.41) is 6.71. The number of guanidine groups is 1. The van der Waals surface area contributed by atoms with Gasteiger partial charge in [-0.3, -0.25) is 4.99 Å². The highest BCUT2D eigenvalue weighted by Gasteiger charge is 2.20. The summed E-state index contributed by atoms with van der Waals surface area (Å²) in [6.45, 7) is 7.05. The predicted octanol–water partition coefficient (Wildman–Crippen LogP) is 4.05. The summed E-state index contributed by atoms with van der Waals surface area (Å²) in [6, 6.07) is 8.01. The molecule has 1 aliphatic heterocycles. The van der Waals surface area contributed by atoms with Gasteiger partial charge in [0, 0.05) is 38.4 Å². The van der Waals surface area contributed by atoms with E-state index >= 15 is 0 Å². The lowest BCUT2D eigenvalue weighted by molar-refractivity contribution is 0.459. The van der Waals surface area contributed by atoms with Gasteiger partial charge in [0.25, 0.3) is 0 Å². The largest absolute Gasteiger partial charge is 0.357 e. The Labute approximate surface area is 194 Å². The zero-order valence-corrected chi connectivity index (χ0v) is 19.8. The van der Waals surface area contributed by atoms with Gasteiger partial charge in [-0.2, -0.15) is 0 Å². The predicted molar refractivity (Wildman–Crippen MR) is 129 cm³/mol. The Balaban J connectivity index is 0.00000320. The lowest BCUT2D eigenvalue weighted by Gasteiger charge is -2.33. The number of aryl methyl sites for hydroxylation is 1. The van der Waals surface area contributed by atoms with Crippen molar-refractivity contribution in [2.75, 3.05) is 31.1 Å². The van der Waals surface area contributed by atoms with Gasteiger partial charge in [-0.05, 0) is 68.5 Å². The van der Waals surface area contributed by atoms with E-state index in [4.69, 9.17) is 0 Å². The molecule has 1 saturated heterocycles. The van der Waals surface area contributed by atoms with Gasteiger partial charge in [-0.1, -0.05) is 6.07 Å². The van der Waals surface area contributed by atoms with Crippen LogP contribution in [0.5, 0.6) is 0 Å². The van der Waals surface area contributed by atoms with E-state index in [1.165, 1.54) is 6.07 Å². The molecule has 0 amide bonds. The third-order valence-electron chi connectivity index (χ3n) is 5.06. The average Bonchev–Trinajstić information content (AvgIpc) is 2.72. The Morgan fingerprint density at radius 2 is 1.97 bits per heavy atom. The number of halogens is 3. The van der Waals surface area contributed by atoms with Crippen LogP contribution in [-0.4, -0.2) is 43.2 Å². The molecule has 1 aliphatic rings. The number of rotatable bonds is 6. The molecule has 0 aliphatic carbocycles. The number of aliphatic imine (C=N–C) groups is 1. The van der Waals surface area contributed by atoms with Gasteiger partial charge in [-0.15, -0.1) is 24.0 Å². The van der Waals surface area contributed by atoms with Crippen LogP contribution < -0.4 is 15.5 Å².